The molecule has 0 radical (unpaired) electrons. The first-order valence-electron chi connectivity index (χ1n) is 5.75. The van der Waals surface area contributed by atoms with Gasteiger partial charge in [0.2, 0.25) is 0 Å². The first kappa shape index (κ1) is 10.7. The average Bonchev–Trinajstić information content (AvgIpc) is 2.76. The predicted molar refractivity (Wildman–Crippen MR) is 60.5 cm³/mol. The van der Waals surface area contributed by atoms with Crippen LogP contribution in [0.25, 0.3) is 0 Å². The minimum absolute atomic E-state index is 0.433. The van der Waals surface area contributed by atoms with Crippen molar-refractivity contribution in [1.82, 2.24) is 5.32 Å². The normalized spacial score (nSPS) is 26.0. The van der Waals surface area contributed by atoms with E-state index in [1.54, 1.807) is 0 Å². The molecule has 15 heavy (non-hydrogen) atoms. The van der Waals surface area contributed by atoms with E-state index in [-0.39, 0.29) is 0 Å². The average molecular weight is 208 g/mol. The molecule has 3 heteroatoms. The lowest BCUT2D eigenvalue weighted by molar-refractivity contribution is 0.431. The fourth-order valence-corrected chi connectivity index (χ4v) is 2.28. The lowest BCUT2D eigenvalue weighted by Crippen LogP contribution is -2.22. The number of aryl methyl sites for hydroxylation is 1. The lowest BCUT2D eigenvalue weighted by atomic mass is 10.1. The molecule has 2 atom stereocenters. The molecule has 1 saturated carbocycles. The third-order valence-electron chi connectivity index (χ3n) is 3.11. The van der Waals surface area contributed by atoms with Crippen LogP contribution in [-0.2, 0) is 6.54 Å². The van der Waals surface area contributed by atoms with Gasteiger partial charge in [0.05, 0.1) is 6.54 Å². The van der Waals surface area contributed by atoms with Gasteiger partial charge in [0.25, 0.3) is 0 Å². The minimum Gasteiger partial charge on any atom is -0.465 e. The van der Waals surface area contributed by atoms with E-state index in [4.69, 9.17) is 10.2 Å². The second-order valence-electron chi connectivity index (χ2n) is 4.58. The van der Waals surface area contributed by atoms with Crippen LogP contribution in [0.15, 0.2) is 16.5 Å². The zero-order valence-electron chi connectivity index (χ0n) is 9.33. The third kappa shape index (κ3) is 3.08. The van der Waals surface area contributed by atoms with E-state index < -0.39 is 0 Å². The van der Waals surface area contributed by atoms with Gasteiger partial charge in [-0.15, -0.1) is 0 Å². The first-order valence-corrected chi connectivity index (χ1v) is 5.75. The highest BCUT2D eigenvalue weighted by atomic mass is 16.3. The summed E-state index contributed by atoms with van der Waals surface area (Å²) < 4.78 is 5.48. The first-order chi connectivity index (χ1) is 7.24. The highest BCUT2D eigenvalue weighted by Crippen LogP contribution is 2.23. The Morgan fingerprint density at radius 1 is 1.47 bits per heavy atom. The lowest BCUT2D eigenvalue weighted by Gasteiger charge is -2.09. The van der Waals surface area contributed by atoms with Gasteiger partial charge < -0.3 is 15.5 Å². The number of nitrogens with one attached hydrogen (secondary N) is 1. The molecule has 1 fully saturated rings. The van der Waals surface area contributed by atoms with Gasteiger partial charge in [0.15, 0.2) is 0 Å². The number of furan rings is 1. The Morgan fingerprint density at radius 2 is 2.33 bits per heavy atom. The van der Waals surface area contributed by atoms with Crippen molar-refractivity contribution in [3.63, 3.8) is 0 Å². The standard InChI is InChI=1S/C12H20N2O/c1-9-2-5-12(15-9)8-14-7-10-3-4-11(13)6-10/h2,5,10-11,14H,3-4,6-8,13H2,1H3. The van der Waals surface area contributed by atoms with E-state index >= 15 is 0 Å². The van der Waals surface area contributed by atoms with Crippen molar-refractivity contribution >= 4 is 0 Å². The summed E-state index contributed by atoms with van der Waals surface area (Å²) in [5.74, 6) is 2.76. The summed E-state index contributed by atoms with van der Waals surface area (Å²) in [7, 11) is 0. The fraction of sp³-hybridized carbons (Fsp3) is 0.667. The Hall–Kier alpha value is -0.800. The number of hydrogen-bond donors (Lipinski definition) is 2. The zero-order valence-corrected chi connectivity index (χ0v) is 9.33. The van der Waals surface area contributed by atoms with Gasteiger partial charge in [-0.3, -0.25) is 0 Å². The van der Waals surface area contributed by atoms with Crippen molar-refractivity contribution < 1.29 is 4.42 Å². The van der Waals surface area contributed by atoms with E-state index in [0.29, 0.717) is 6.04 Å². The number of hydrogen-bond acceptors (Lipinski definition) is 3. The molecule has 0 spiro atoms. The molecule has 1 aromatic rings. The van der Waals surface area contributed by atoms with Gasteiger partial charge in [-0.25, -0.2) is 0 Å². The van der Waals surface area contributed by atoms with Crippen molar-refractivity contribution in [2.45, 2.75) is 38.8 Å². The largest absolute Gasteiger partial charge is 0.465 e. The van der Waals surface area contributed by atoms with Crippen LogP contribution < -0.4 is 11.1 Å². The van der Waals surface area contributed by atoms with Crippen molar-refractivity contribution in [2.24, 2.45) is 11.7 Å². The van der Waals surface area contributed by atoms with Crippen LogP contribution in [-0.4, -0.2) is 12.6 Å². The van der Waals surface area contributed by atoms with Crippen molar-refractivity contribution in [1.29, 1.82) is 0 Å². The van der Waals surface area contributed by atoms with Crippen LogP contribution in [0.5, 0.6) is 0 Å². The van der Waals surface area contributed by atoms with Crippen molar-refractivity contribution in [3.8, 4) is 0 Å². The number of rotatable bonds is 4. The molecule has 84 valence electrons. The molecule has 2 unspecified atom stereocenters. The third-order valence-corrected chi connectivity index (χ3v) is 3.11. The Morgan fingerprint density at radius 3 is 2.93 bits per heavy atom. The zero-order chi connectivity index (χ0) is 10.7. The van der Waals surface area contributed by atoms with Crippen LogP contribution in [0, 0.1) is 12.8 Å². The predicted octanol–water partition coefficient (Wildman–Crippen LogP) is 1.81. The smallest absolute Gasteiger partial charge is 0.117 e. The molecule has 2 rings (SSSR count). The van der Waals surface area contributed by atoms with Crippen LogP contribution in [0.4, 0.5) is 0 Å². The summed E-state index contributed by atoms with van der Waals surface area (Å²) >= 11 is 0. The topological polar surface area (TPSA) is 51.2 Å². The summed E-state index contributed by atoms with van der Waals surface area (Å²) in [5, 5.41) is 3.43. The van der Waals surface area contributed by atoms with Crippen LogP contribution in [0.3, 0.4) is 0 Å². The second kappa shape index (κ2) is 4.81. The maximum atomic E-state index is 5.87. The van der Waals surface area contributed by atoms with E-state index in [1.165, 1.54) is 19.3 Å². The van der Waals surface area contributed by atoms with Crippen molar-refractivity contribution in [2.75, 3.05) is 6.54 Å². The van der Waals surface area contributed by atoms with Gasteiger partial charge in [0, 0.05) is 6.04 Å². The number of nitrogens with two attached hydrogens (primary N) is 1. The van der Waals surface area contributed by atoms with Gasteiger partial charge in [-0.05, 0) is 50.8 Å². The maximum Gasteiger partial charge on any atom is 0.117 e. The van der Waals surface area contributed by atoms with E-state index in [9.17, 15) is 0 Å². The molecule has 1 aliphatic rings. The Bertz CT molecular complexity index is 308. The van der Waals surface area contributed by atoms with Gasteiger partial charge in [-0.2, -0.15) is 0 Å². The van der Waals surface area contributed by atoms with E-state index in [2.05, 4.69) is 5.32 Å². The monoisotopic (exact) mass is 208 g/mol. The van der Waals surface area contributed by atoms with Gasteiger partial charge in [-0.1, -0.05) is 0 Å². The van der Waals surface area contributed by atoms with Crippen LogP contribution in [0.2, 0.25) is 0 Å². The SMILES string of the molecule is Cc1ccc(CNCC2CCC(N)C2)o1. The Balaban J connectivity index is 1.67. The molecule has 1 heterocycles. The summed E-state index contributed by atoms with van der Waals surface area (Å²) in [4.78, 5) is 0. The molecule has 1 aliphatic carbocycles. The maximum absolute atomic E-state index is 5.87. The molecule has 1 aromatic heterocycles. The summed E-state index contributed by atoms with van der Waals surface area (Å²) in [6.07, 6.45) is 3.63. The van der Waals surface area contributed by atoms with Crippen LogP contribution in [0.1, 0.15) is 30.8 Å². The van der Waals surface area contributed by atoms with Gasteiger partial charge in [0.1, 0.15) is 11.5 Å². The molecular weight excluding hydrogens is 188 g/mol. The molecule has 0 bridgehead atoms. The molecule has 0 aliphatic heterocycles. The van der Waals surface area contributed by atoms with Crippen molar-refractivity contribution in [3.05, 3.63) is 23.7 Å². The summed E-state index contributed by atoms with van der Waals surface area (Å²) in [5.41, 5.74) is 5.87. The molecule has 3 N–H and O–H groups in total. The second-order valence-corrected chi connectivity index (χ2v) is 4.58. The Labute approximate surface area is 91.0 Å². The fourth-order valence-electron chi connectivity index (χ4n) is 2.28. The molecular formula is C12H20N2O. The van der Waals surface area contributed by atoms with Crippen LogP contribution >= 0.6 is 0 Å². The molecule has 0 saturated heterocycles. The molecule has 3 nitrogen and oxygen atoms in total. The quantitative estimate of drug-likeness (QED) is 0.793. The highest BCUT2D eigenvalue weighted by molar-refractivity contribution is 5.05. The molecule has 0 aromatic carbocycles. The molecule has 0 amide bonds. The van der Waals surface area contributed by atoms with E-state index in [1.807, 2.05) is 19.1 Å². The minimum atomic E-state index is 0.433. The van der Waals surface area contributed by atoms with E-state index in [0.717, 1.165) is 30.5 Å². The summed E-state index contributed by atoms with van der Waals surface area (Å²) in [6.45, 7) is 3.87. The van der Waals surface area contributed by atoms with Gasteiger partial charge >= 0.3 is 0 Å². The Kier molecular flexibility index (Phi) is 3.44. The highest BCUT2D eigenvalue weighted by Gasteiger charge is 2.20. The summed E-state index contributed by atoms with van der Waals surface area (Å²) in [6, 6.07) is 4.47.